The molecule has 0 radical (unpaired) electrons. The van der Waals surface area contributed by atoms with Crippen LogP contribution in [0.25, 0.3) is 0 Å². The lowest BCUT2D eigenvalue weighted by atomic mass is 10.1. The number of carbonyl (C=O) groups is 2. The van der Waals surface area contributed by atoms with Crippen molar-refractivity contribution in [3.63, 3.8) is 0 Å². The van der Waals surface area contributed by atoms with E-state index in [0.717, 1.165) is 47.4 Å². The summed E-state index contributed by atoms with van der Waals surface area (Å²) in [5, 5.41) is 3.05. The van der Waals surface area contributed by atoms with Crippen molar-refractivity contribution in [1.82, 2.24) is 10.2 Å². The molecule has 3 rings (SSSR count). The molecule has 0 aromatic heterocycles. The largest absolute Gasteiger partial charge is 0.497 e. The predicted molar refractivity (Wildman–Crippen MR) is 137 cm³/mol. The van der Waals surface area contributed by atoms with Gasteiger partial charge >= 0.3 is 0 Å². The van der Waals surface area contributed by atoms with Crippen molar-refractivity contribution in [1.29, 1.82) is 0 Å². The molecule has 0 bridgehead atoms. The number of nitrogens with zero attached hydrogens (tertiary/aromatic N) is 2. The number of hydrogen-bond acceptors (Lipinski definition) is 5. The third-order valence-corrected chi connectivity index (χ3v) is 7.50. The minimum Gasteiger partial charge on any atom is -0.497 e. The number of carbonyl (C=O) groups excluding carboxylic acids is 2. The second-order valence-electron chi connectivity index (χ2n) is 9.14. The summed E-state index contributed by atoms with van der Waals surface area (Å²) in [5.74, 6) is -0.0716. The summed E-state index contributed by atoms with van der Waals surface area (Å²) in [5.41, 5.74) is 2.15. The molecule has 1 saturated carbocycles. The maximum absolute atomic E-state index is 13.6. The van der Waals surface area contributed by atoms with Crippen LogP contribution in [0.15, 0.2) is 48.5 Å². The van der Waals surface area contributed by atoms with Gasteiger partial charge in [0.1, 0.15) is 18.3 Å². The Balaban J connectivity index is 1.88. The highest BCUT2D eigenvalue weighted by molar-refractivity contribution is 7.92. The third-order valence-electron chi connectivity index (χ3n) is 6.36. The number of anilines is 1. The molecule has 1 N–H and O–H groups in total. The summed E-state index contributed by atoms with van der Waals surface area (Å²) in [6, 6.07) is 13.5. The maximum Gasteiger partial charge on any atom is 0.244 e. The SMILES string of the molecule is COc1cccc(CN(C(=O)CN(c2ccc(C)cc2)S(C)(=O)=O)[C@@H](C)C(=O)NC2CCCC2)c1. The Morgan fingerprint density at radius 3 is 2.37 bits per heavy atom. The van der Waals surface area contributed by atoms with E-state index in [-0.39, 0.29) is 18.5 Å². The van der Waals surface area contributed by atoms with Gasteiger partial charge in [0, 0.05) is 12.6 Å². The first kappa shape index (κ1) is 26.5. The zero-order valence-electron chi connectivity index (χ0n) is 20.9. The molecule has 0 spiro atoms. The van der Waals surface area contributed by atoms with Crippen LogP contribution in [0.3, 0.4) is 0 Å². The number of nitrogens with one attached hydrogen (secondary N) is 1. The molecule has 1 aliphatic rings. The van der Waals surface area contributed by atoms with E-state index in [2.05, 4.69) is 5.32 Å². The Kier molecular flexibility index (Phi) is 8.77. The fourth-order valence-electron chi connectivity index (χ4n) is 4.27. The quantitative estimate of drug-likeness (QED) is 0.539. The van der Waals surface area contributed by atoms with Gasteiger partial charge in [0.05, 0.1) is 19.1 Å². The number of sulfonamides is 1. The van der Waals surface area contributed by atoms with Crippen LogP contribution < -0.4 is 14.4 Å². The Bertz CT molecular complexity index is 1130. The lowest BCUT2D eigenvalue weighted by Gasteiger charge is -2.32. The monoisotopic (exact) mass is 501 g/mol. The number of rotatable bonds is 10. The van der Waals surface area contributed by atoms with Crippen LogP contribution in [0.1, 0.15) is 43.7 Å². The molecule has 35 heavy (non-hydrogen) atoms. The van der Waals surface area contributed by atoms with Gasteiger partial charge in [0.2, 0.25) is 21.8 Å². The lowest BCUT2D eigenvalue weighted by molar-refractivity contribution is -0.139. The minimum atomic E-state index is -3.74. The maximum atomic E-state index is 13.6. The Hall–Kier alpha value is -3.07. The first-order valence-electron chi connectivity index (χ1n) is 11.9. The number of hydrogen-bond donors (Lipinski definition) is 1. The Morgan fingerprint density at radius 1 is 1.11 bits per heavy atom. The third kappa shape index (κ3) is 7.21. The van der Waals surface area contributed by atoms with Crippen LogP contribution in [-0.2, 0) is 26.2 Å². The van der Waals surface area contributed by atoms with E-state index in [1.165, 1.54) is 4.90 Å². The van der Waals surface area contributed by atoms with Crippen LogP contribution in [0.2, 0.25) is 0 Å². The van der Waals surface area contributed by atoms with Crippen LogP contribution in [0.4, 0.5) is 5.69 Å². The average Bonchev–Trinajstić information content (AvgIpc) is 3.33. The van der Waals surface area contributed by atoms with Crippen molar-refractivity contribution in [2.45, 2.75) is 58.2 Å². The summed E-state index contributed by atoms with van der Waals surface area (Å²) >= 11 is 0. The summed E-state index contributed by atoms with van der Waals surface area (Å²) in [6.07, 6.45) is 5.08. The molecular formula is C26H35N3O5S. The van der Waals surface area contributed by atoms with E-state index in [1.807, 2.05) is 19.1 Å². The zero-order chi connectivity index (χ0) is 25.6. The van der Waals surface area contributed by atoms with E-state index in [1.54, 1.807) is 50.4 Å². The molecule has 0 aliphatic heterocycles. The number of amides is 2. The fraction of sp³-hybridized carbons (Fsp3) is 0.462. The zero-order valence-corrected chi connectivity index (χ0v) is 21.7. The van der Waals surface area contributed by atoms with Crippen molar-refractivity contribution < 1.29 is 22.7 Å². The van der Waals surface area contributed by atoms with Gasteiger partial charge in [-0.2, -0.15) is 0 Å². The fourth-order valence-corrected chi connectivity index (χ4v) is 5.12. The second kappa shape index (κ2) is 11.6. The average molecular weight is 502 g/mol. The Morgan fingerprint density at radius 2 is 1.77 bits per heavy atom. The minimum absolute atomic E-state index is 0.110. The van der Waals surface area contributed by atoms with Gasteiger partial charge in [-0.25, -0.2) is 8.42 Å². The van der Waals surface area contributed by atoms with E-state index in [0.29, 0.717) is 11.4 Å². The van der Waals surface area contributed by atoms with E-state index in [9.17, 15) is 18.0 Å². The molecule has 2 aromatic carbocycles. The number of aryl methyl sites for hydroxylation is 1. The molecule has 9 heteroatoms. The topological polar surface area (TPSA) is 96.0 Å². The van der Waals surface area contributed by atoms with Gasteiger partial charge in [-0.1, -0.05) is 42.7 Å². The van der Waals surface area contributed by atoms with Gasteiger partial charge in [0.25, 0.3) is 0 Å². The van der Waals surface area contributed by atoms with Gasteiger partial charge < -0.3 is 15.0 Å². The summed E-state index contributed by atoms with van der Waals surface area (Å²) in [6.45, 7) is 3.31. The molecule has 190 valence electrons. The first-order valence-corrected chi connectivity index (χ1v) is 13.7. The van der Waals surface area contributed by atoms with Crippen molar-refractivity contribution in [2.75, 3.05) is 24.2 Å². The molecule has 1 atom stereocenters. The normalized spacial score (nSPS) is 14.9. The van der Waals surface area contributed by atoms with Crippen molar-refractivity contribution >= 4 is 27.5 Å². The van der Waals surface area contributed by atoms with Gasteiger partial charge in [-0.15, -0.1) is 0 Å². The van der Waals surface area contributed by atoms with Crippen LogP contribution >= 0.6 is 0 Å². The summed E-state index contributed by atoms with van der Waals surface area (Å²) < 4.78 is 31.6. The van der Waals surface area contributed by atoms with Gasteiger partial charge in [0.15, 0.2) is 0 Å². The van der Waals surface area contributed by atoms with Crippen molar-refractivity contribution in [3.05, 3.63) is 59.7 Å². The Labute approximate surface area is 208 Å². The van der Waals surface area contributed by atoms with Crippen LogP contribution in [0.5, 0.6) is 5.75 Å². The molecule has 0 unspecified atom stereocenters. The molecule has 2 amide bonds. The highest BCUT2D eigenvalue weighted by Crippen LogP contribution is 2.22. The lowest BCUT2D eigenvalue weighted by Crippen LogP contribution is -2.52. The smallest absolute Gasteiger partial charge is 0.244 e. The second-order valence-corrected chi connectivity index (χ2v) is 11.1. The highest BCUT2D eigenvalue weighted by atomic mass is 32.2. The number of benzene rings is 2. The molecule has 2 aromatic rings. The van der Waals surface area contributed by atoms with Crippen LogP contribution in [-0.4, -0.2) is 57.1 Å². The van der Waals surface area contributed by atoms with E-state index in [4.69, 9.17) is 4.74 Å². The number of ether oxygens (including phenoxy) is 1. The molecule has 0 heterocycles. The van der Waals surface area contributed by atoms with Crippen LogP contribution in [0, 0.1) is 6.92 Å². The molecule has 0 saturated heterocycles. The summed E-state index contributed by atoms with van der Waals surface area (Å²) in [4.78, 5) is 28.1. The first-order chi connectivity index (χ1) is 16.6. The van der Waals surface area contributed by atoms with E-state index < -0.39 is 28.5 Å². The van der Waals surface area contributed by atoms with Crippen molar-refractivity contribution in [3.8, 4) is 5.75 Å². The summed E-state index contributed by atoms with van der Waals surface area (Å²) in [7, 11) is -2.18. The van der Waals surface area contributed by atoms with E-state index >= 15 is 0 Å². The standard InChI is InChI=1S/C26H35N3O5S/c1-19-12-14-23(15-13-19)29(35(4,32)33)18-25(30)28(17-21-8-7-11-24(16-21)34-3)20(2)26(31)27-22-9-5-6-10-22/h7-8,11-16,20,22H,5-6,9-10,17-18H2,1-4H3,(H,27,31)/t20-/m0/s1. The molecule has 1 fully saturated rings. The molecule has 1 aliphatic carbocycles. The van der Waals surface area contributed by atoms with Gasteiger partial charge in [-0.3, -0.25) is 13.9 Å². The number of methoxy groups -OCH3 is 1. The molecular weight excluding hydrogens is 466 g/mol. The van der Waals surface area contributed by atoms with Crippen molar-refractivity contribution in [2.24, 2.45) is 0 Å². The molecule has 8 nitrogen and oxygen atoms in total. The van der Waals surface area contributed by atoms with Gasteiger partial charge in [-0.05, 0) is 56.5 Å². The highest BCUT2D eigenvalue weighted by Gasteiger charge is 2.31. The predicted octanol–water partition coefficient (Wildman–Crippen LogP) is 3.25.